The molecule has 1 fully saturated rings. The largest absolute Gasteiger partial charge is 0.337 e. The van der Waals surface area contributed by atoms with Crippen molar-refractivity contribution >= 4 is 5.91 Å². The number of rotatable bonds is 5. The molecule has 1 atom stereocenters. The van der Waals surface area contributed by atoms with Gasteiger partial charge in [-0.25, -0.2) is 0 Å². The van der Waals surface area contributed by atoms with E-state index in [1.165, 1.54) is 12.8 Å². The minimum Gasteiger partial charge on any atom is -0.337 e. The second kappa shape index (κ2) is 6.21. The molecule has 0 heterocycles. The van der Waals surface area contributed by atoms with Crippen LogP contribution in [0.15, 0.2) is 0 Å². The lowest BCUT2D eigenvalue weighted by molar-refractivity contribution is -0.134. The first-order valence-corrected chi connectivity index (χ1v) is 6.23. The molecule has 1 rings (SSSR count). The predicted molar refractivity (Wildman–Crippen MR) is 66.2 cm³/mol. The molecule has 2 N–H and O–H groups in total. The Kier molecular flexibility index (Phi) is 5.22. The van der Waals surface area contributed by atoms with Crippen molar-refractivity contribution in [3.05, 3.63) is 0 Å². The molecular weight excluding hydrogens is 202 g/mol. The van der Waals surface area contributed by atoms with Gasteiger partial charge in [0.05, 0.1) is 6.04 Å². The van der Waals surface area contributed by atoms with Gasteiger partial charge in [0.2, 0.25) is 5.91 Å². The number of hydrogen-bond acceptors (Lipinski definition) is 3. The smallest absolute Gasteiger partial charge is 0.239 e. The predicted octanol–water partition coefficient (Wildman–Crippen LogP) is 0.666. The highest BCUT2D eigenvalue weighted by Crippen LogP contribution is 2.23. The number of nitrogens with zero attached hydrogens (tertiary/aromatic N) is 2. The Hall–Kier alpha value is -0.610. The normalized spacial score (nSPS) is 19.1. The molecular formula is C12H25N3O. The van der Waals surface area contributed by atoms with E-state index < -0.39 is 0 Å². The van der Waals surface area contributed by atoms with E-state index in [0.29, 0.717) is 6.04 Å². The van der Waals surface area contributed by atoms with Crippen LogP contribution in [0.4, 0.5) is 0 Å². The van der Waals surface area contributed by atoms with Crippen LogP contribution in [0.2, 0.25) is 0 Å². The summed E-state index contributed by atoms with van der Waals surface area (Å²) < 4.78 is 0. The third kappa shape index (κ3) is 3.76. The van der Waals surface area contributed by atoms with Crippen LogP contribution < -0.4 is 5.73 Å². The van der Waals surface area contributed by atoms with Gasteiger partial charge >= 0.3 is 0 Å². The van der Waals surface area contributed by atoms with Gasteiger partial charge in [-0.3, -0.25) is 4.79 Å². The molecule has 1 saturated carbocycles. The number of likely N-dealkylation sites (N-methyl/N-ethyl adjacent to an activating group) is 1. The molecule has 1 aliphatic carbocycles. The van der Waals surface area contributed by atoms with Gasteiger partial charge in [-0.1, -0.05) is 12.8 Å². The van der Waals surface area contributed by atoms with Crippen LogP contribution in [0.5, 0.6) is 0 Å². The summed E-state index contributed by atoms with van der Waals surface area (Å²) in [5.74, 6) is 0.105. The maximum absolute atomic E-state index is 12.0. The highest BCUT2D eigenvalue weighted by atomic mass is 16.2. The van der Waals surface area contributed by atoms with Gasteiger partial charge in [0.1, 0.15) is 0 Å². The van der Waals surface area contributed by atoms with Crippen molar-refractivity contribution < 1.29 is 4.79 Å². The second-order valence-electron chi connectivity index (χ2n) is 5.06. The van der Waals surface area contributed by atoms with Crippen molar-refractivity contribution in [2.75, 3.05) is 27.2 Å². The zero-order valence-corrected chi connectivity index (χ0v) is 10.8. The first-order chi connectivity index (χ1) is 7.52. The quantitative estimate of drug-likeness (QED) is 0.751. The molecule has 0 aromatic heterocycles. The van der Waals surface area contributed by atoms with Crippen LogP contribution in [-0.2, 0) is 4.79 Å². The SMILES string of the molecule is C[C@@H](N)C(=O)N(CCN(C)C)C1CCCC1. The summed E-state index contributed by atoms with van der Waals surface area (Å²) in [6.07, 6.45) is 4.78. The summed E-state index contributed by atoms with van der Waals surface area (Å²) in [4.78, 5) is 16.1. The van der Waals surface area contributed by atoms with Crippen molar-refractivity contribution in [2.45, 2.75) is 44.7 Å². The van der Waals surface area contributed by atoms with E-state index in [1.54, 1.807) is 6.92 Å². The Labute approximate surface area is 98.8 Å². The minimum absolute atomic E-state index is 0.105. The zero-order chi connectivity index (χ0) is 12.1. The Balaban J connectivity index is 2.56. The van der Waals surface area contributed by atoms with Crippen molar-refractivity contribution in [1.82, 2.24) is 9.80 Å². The molecule has 16 heavy (non-hydrogen) atoms. The molecule has 94 valence electrons. The van der Waals surface area contributed by atoms with Gasteiger partial charge in [-0.15, -0.1) is 0 Å². The molecule has 0 aliphatic heterocycles. The number of nitrogens with two attached hydrogens (primary N) is 1. The molecule has 1 amide bonds. The summed E-state index contributed by atoms with van der Waals surface area (Å²) in [6, 6.07) is 0.0567. The number of amides is 1. The lowest BCUT2D eigenvalue weighted by Gasteiger charge is -2.31. The molecule has 1 aliphatic rings. The van der Waals surface area contributed by atoms with Crippen molar-refractivity contribution in [1.29, 1.82) is 0 Å². The molecule has 0 bridgehead atoms. The van der Waals surface area contributed by atoms with Crippen LogP contribution in [0.1, 0.15) is 32.6 Å². The van der Waals surface area contributed by atoms with Crippen LogP contribution in [0.25, 0.3) is 0 Å². The lowest BCUT2D eigenvalue weighted by atomic mass is 10.1. The maximum Gasteiger partial charge on any atom is 0.239 e. The fourth-order valence-electron chi connectivity index (χ4n) is 2.26. The van der Waals surface area contributed by atoms with Crippen LogP contribution in [0.3, 0.4) is 0 Å². The number of carbonyl (C=O) groups excluding carboxylic acids is 1. The first-order valence-electron chi connectivity index (χ1n) is 6.23. The first kappa shape index (κ1) is 13.5. The third-order valence-corrected chi connectivity index (χ3v) is 3.23. The van der Waals surface area contributed by atoms with E-state index in [-0.39, 0.29) is 11.9 Å². The average molecular weight is 227 g/mol. The van der Waals surface area contributed by atoms with Crippen LogP contribution in [-0.4, -0.2) is 55.0 Å². The number of hydrogen-bond donors (Lipinski definition) is 1. The van der Waals surface area contributed by atoms with Gasteiger partial charge in [-0.05, 0) is 33.9 Å². The molecule has 0 radical (unpaired) electrons. The summed E-state index contributed by atoms with van der Waals surface area (Å²) in [5.41, 5.74) is 5.71. The molecule has 4 nitrogen and oxygen atoms in total. The van der Waals surface area contributed by atoms with Gasteiger partial charge < -0.3 is 15.5 Å². The topological polar surface area (TPSA) is 49.6 Å². The van der Waals surface area contributed by atoms with E-state index in [4.69, 9.17) is 5.73 Å². The van der Waals surface area contributed by atoms with Crippen molar-refractivity contribution in [3.63, 3.8) is 0 Å². The number of carbonyl (C=O) groups is 1. The lowest BCUT2D eigenvalue weighted by Crippen LogP contribution is -2.49. The van der Waals surface area contributed by atoms with Crippen molar-refractivity contribution in [3.8, 4) is 0 Å². The Morgan fingerprint density at radius 1 is 1.31 bits per heavy atom. The van der Waals surface area contributed by atoms with Gasteiger partial charge in [0.15, 0.2) is 0 Å². The fraction of sp³-hybridized carbons (Fsp3) is 0.917. The van der Waals surface area contributed by atoms with Crippen LogP contribution in [0, 0.1) is 0 Å². The Morgan fingerprint density at radius 2 is 1.88 bits per heavy atom. The summed E-state index contributed by atoms with van der Waals surface area (Å²) in [6.45, 7) is 3.49. The molecule has 0 aromatic rings. The molecule has 0 spiro atoms. The summed E-state index contributed by atoms with van der Waals surface area (Å²) in [5, 5.41) is 0. The summed E-state index contributed by atoms with van der Waals surface area (Å²) >= 11 is 0. The van der Waals surface area contributed by atoms with E-state index in [9.17, 15) is 4.79 Å². The average Bonchev–Trinajstić information content (AvgIpc) is 2.70. The second-order valence-corrected chi connectivity index (χ2v) is 5.06. The molecule has 0 unspecified atom stereocenters. The molecule has 4 heteroatoms. The van der Waals surface area contributed by atoms with Crippen molar-refractivity contribution in [2.24, 2.45) is 5.73 Å². The van der Waals surface area contributed by atoms with Crippen LogP contribution >= 0.6 is 0 Å². The molecule has 0 saturated heterocycles. The highest BCUT2D eigenvalue weighted by molar-refractivity contribution is 5.81. The van der Waals surface area contributed by atoms with E-state index in [0.717, 1.165) is 25.9 Å². The Bertz CT molecular complexity index is 222. The standard InChI is InChI=1S/C12H25N3O/c1-10(13)12(16)15(9-8-14(2)3)11-6-4-5-7-11/h10-11H,4-9,13H2,1-3H3/t10-/m1/s1. The van der Waals surface area contributed by atoms with E-state index in [1.807, 2.05) is 19.0 Å². The fourth-order valence-corrected chi connectivity index (χ4v) is 2.26. The molecule has 0 aromatic carbocycles. The monoisotopic (exact) mass is 227 g/mol. The third-order valence-electron chi connectivity index (χ3n) is 3.23. The summed E-state index contributed by atoms with van der Waals surface area (Å²) in [7, 11) is 4.06. The van der Waals surface area contributed by atoms with Gasteiger partial charge in [-0.2, -0.15) is 0 Å². The van der Waals surface area contributed by atoms with E-state index >= 15 is 0 Å². The maximum atomic E-state index is 12.0. The Morgan fingerprint density at radius 3 is 2.31 bits per heavy atom. The van der Waals surface area contributed by atoms with E-state index in [2.05, 4.69) is 4.90 Å². The minimum atomic E-state index is -0.372. The highest BCUT2D eigenvalue weighted by Gasteiger charge is 2.27. The van der Waals surface area contributed by atoms with Gasteiger partial charge in [0, 0.05) is 19.1 Å². The zero-order valence-electron chi connectivity index (χ0n) is 10.8. The van der Waals surface area contributed by atoms with Gasteiger partial charge in [0.25, 0.3) is 0 Å².